The monoisotopic (exact) mass is 440 g/mol. The number of unbranched alkanes of at least 4 members (excludes halogenated alkanes) is 1. The summed E-state index contributed by atoms with van der Waals surface area (Å²) in [5, 5.41) is 9.27. The van der Waals surface area contributed by atoms with Crippen molar-refractivity contribution in [2.75, 3.05) is 10.6 Å². The van der Waals surface area contributed by atoms with Crippen LogP contribution < -0.4 is 16.0 Å². The Morgan fingerprint density at radius 1 is 1.16 bits per heavy atom. The fraction of sp³-hybridized carbons (Fsp3) is 0.375. The molecule has 3 rings (SSSR count). The number of hydrogen-bond donors (Lipinski definition) is 3. The lowest BCUT2D eigenvalue weighted by Crippen LogP contribution is -2.43. The zero-order valence-corrected chi connectivity index (χ0v) is 19.1. The highest BCUT2D eigenvalue weighted by Gasteiger charge is 2.25. The molecular weight excluding hydrogens is 412 g/mol. The van der Waals surface area contributed by atoms with Crippen molar-refractivity contribution in [1.82, 2.24) is 5.32 Å². The van der Waals surface area contributed by atoms with E-state index in [1.54, 1.807) is 12.1 Å². The zero-order valence-electron chi connectivity index (χ0n) is 18.4. The summed E-state index contributed by atoms with van der Waals surface area (Å²) in [6, 6.07) is 12.1. The number of halogens is 1. The Labute approximate surface area is 188 Å². The largest absolute Gasteiger partial charge is 0.333 e. The molecule has 164 valence electrons. The van der Waals surface area contributed by atoms with Crippen LogP contribution in [-0.4, -0.2) is 29.2 Å². The number of carbonyl (C=O) groups excluding carboxylic acids is 2. The SMILES string of the molecule is CCCCC1N=C(c2ccc(NC(=O)NC(C)(C)C)cc2)c2cc(Cl)ccc2NC1=O. The Morgan fingerprint density at radius 3 is 2.52 bits per heavy atom. The summed E-state index contributed by atoms with van der Waals surface area (Å²) in [5.74, 6) is -0.107. The number of nitrogens with zero attached hydrogens (tertiary/aromatic N) is 1. The molecule has 0 saturated heterocycles. The molecule has 0 bridgehead atoms. The van der Waals surface area contributed by atoms with Crippen LogP contribution in [0.15, 0.2) is 47.5 Å². The Morgan fingerprint density at radius 2 is 1.87 bits per heavy atom. The second kappa shape index (κ2) is 9.52. The third-order valence-electron chi connectivity index (χ3n) is 4.82. The van der Waals surface area contributed by atoms with Crippen molar-refractivity contribution >= 4 is 40.6 Å². The third-order valence-corrected chi connectivity index (χ3v) is 5.05. The first-order chi connectivity index (χ1) is 14.7. The first-order valence-electron chi connectivity index (χ1n) is 10.5. The van der Waals surface area contributed by atoms with Gasteiger partial charge < -0.3 is 16.0 Å². The summed E-state index contributed by atoms with van der Waals surface area (Å²) in [6.45, 7) is 7.86. The number of hydrogen-bond acceptors (Lipinski definition) is 3. The number of benzodiazepines with no additional fused rings is 1. The minimum atomic E-state index is -0.462. The standard InChI is InChI=1S/C24H29ClN4O2/c1-5-6-7-20-22(30)28-19-13-10-16(25)14-18(19)21(27-20)15-8-11-17(12-9-15)26-23(31)29-24(2,3)4/h8-14,20H,5-7H2,1-4H3,(H,28,30)(H2,26,29,31). The lowest BCUT2D eigenvalue weighted by Gasteiger charge is -2.20. The second-order valence-electron chi connectivity index (χ2n) is 8.72. The molecule has 2 aromatic carbocycles. The van der Waals surface area contributed by atoms with E-state index in [4.69, 9.17) is 16.6 Å². The number of nitrogens with one attached hydrogen (secondary N) is 3. The van der Waals surface area contributed by atoms with Gasteiger partial charge >= 0.3 is 6.03 Å². The van der Waals surface area contributed by atoms with E-state index in [1.807, 2.05) is 51.1 Å². The van der Waals surface area contributed by atoms with E-state index in [0.717, 1.165) is 24.0 Å². The van der Waals surface area contributed by atoms with Gasteiger partial charge in [-0.05, 0) is 57.5 Å². The smallest absolute Gasteiger partial charge is 0.319 e. The maximum Gasteiger partial charge on any atom is 0.319 e. The molecule has 31 heavy (non-hydrogen) atoms. The summed E-state index contributed by atoms with van der Waals surface area (Å²) in [5.41, 5.74) is 3.38. The Kier molecular flexibility index (Phi) is 7.01. The summed E-state index contributed by atoms with van der Waals surface area (Å²) in [6.07, 6.45) is 2.59. The molecule has 1 aliphatic rings. The highest BCUT2D eigenvalue weighted by atomic mass is 35.5. The fourth-order valence-electron chi connectivity index (χ4n) is 3.36. The maximum atomic E-state index is 12.7. The molecule has 6 nitrogen and oxygen atoms in total. The van der Waals surface area contributed by atoms with Crippen LogP contribution in [0, 0.1) is 0 Å². The van der Waals surface area contributed by atoms with Crippen LogP contribution in [0.4, 0.5) is 16.2 Å². The molecule has 0 aromatic heterocycles. The normalized spacial score (nSPS) is 16.0. The van der Waals surface area contributed by atoms with Gasteiger partial charge in [0.15, 0.2) is 0 Å². The van der Waals surface area contributed by atoms with E-state index in [0.29, 0.717) is 28.5 Å². The maximum absolute atomic E-state index is 12.7. The van der Waals surface area contributed by atoms with Gasteiger partial charge in [0.1, 0.15) is 6.04 Å². The molecule has 0 aliphatic carbocycles. The number of carbonyl (C=O) groups is 2. The molecule has 1 aliphatic heterocycles. The minimum Gasteiger partial charge on any atom is -0.333 e. The summed E-state index contributed by atoms with van der Waals surface area (Å²) < 4.78 is 0. The Bertz CT molecular complexity index is 994. The molecule has 3 amide bonds. The van der Waals surface area contributed by atoms with Crippen molar-refractivity contribution in [3.8, 4) is 0 Å². The van der Waals surface area contributed by atoms with Crippen LogP contribution in [0.25, 0.3) is 0 Å². The summed E-state index contributed by atoms with van der Waals surface area (Å²) in [7, 11) is 0. The van der Waals surface area contributed by atoms with Crippen LogP contribution in [0.3, 0.4) is 0 Å². The number of rotatable bonds is 5. The first-order valence-corrected chi connectivity index (χ1v) is 10.9. The van der Waals surface area contributed by atoms with Crippen molar-refractivity contribution in [1.29, 1.82) is 0 Å². The highest BCUT2D eigenvalue weighted by molar-refractivity contribution is 6.32. The number of aliphatic imine (C=N–C) groups is 1. The highest BCUT2D eigenvalue weighted by Crippen LogP contribution is 2.28. The quantitative estimate of drug-likeness (QED) is 0.564. The molecule has 0 saturated carbocycles. The Balaban J connectivity index is 1.93. The zero-order chi connectivity index (χ0) is 22.6. The second-order valence-corrected chi connectivity index (χ2v) is 9.16. The van der Waals surface area contributed by atoms with Crippen LogP contribution in [0.1, 0.15) is 58.1 Å². The lowest BCUT2D eigenvalue weighted by molar-refractivity contribution is -0.117. The van der Waals surface area contributed by atoms with Crippen molar-refractivity contribution in [3.05, 3.63) is 58.6 Å². The molecule has 1 heterocycles. The number of urea groups is 1. The molecule has 3 N–H and O–H groups in total. The van der Waals surface area contributed by atoms with E-state index in [2.05, 4.69) is 22.9 Å². The van der Waals surface area contributed by atoms with E-state index < -0.39 is 6.04 Å². The van der Waals surface area contributed by atoms with Crippen LogP contribution in [0.5, 0.6) is 0 Å². The predicted molar refractivity (Wildman–Crippen MR) is 127 cm³/mol. The number of anilines is 2. The van der Waals surface area contributed by atoms with Gasteiger partial charge in [-0.3, -0.25) is 9.79 Å². The number of benzene rings is 2. The summed E-state index contributed by atoms with van der Waals surface area (Å²) >= 11 is 6.25. The van der Waals surface area contributed by atoms with Gasteiger partial charge in [-0.1, -0.05) is 43.5 Å². The van der Waals surface area contributed by atoms with Crippen molar-refractivity contribution in [2.24, 2.45) is 4.99 Å². The molecule has 7 heteroatoms. The molecule has 0 radical (unpaired) electrons. The van der Waals surface area contributed by atoms with Gasteiger partial charge in [0.05, 0.1) is 11.4 Å². The number of amides is 3. The van der Waals surface area contributed by atoms with Gasteiger partial charge in [0.25, 0.3) is 0 Å². The van der Waals surface area contributed by atoms with Gasteiger partial charge in [0, 0.05) is 27.4 Å². The van der Waals surface area contributed by atoms with Crippen LogP contribution in [-0.2, 0) is 4.79 Å². The molecule has 1 atom stereocenters. The average molecular weight is 441 g/mol. The van der Waals surface area contributed by atoms with Crippen molar-refractivity contribution in [3.63, 3.8) is 0 Å². The average Bonchev–Trinajstić information content (AvgIpc) is 2.82. The van der Waals surface area contributed by atoms with Crippen molar-refractivity contribution < 1.29 is 9.59 Å². The van der Waals surface area contributed by atoms with Gasteiger partial charge in [-0.2, -0.15) is 0 Å². The van der Waals surface area contributed by atoms with E-state index in [1.165, 1.54) is 0 Å². The summed E-state index contributed by atoms with van der Waals surface area (Å²) in [4.78, 5) is 29.7. The van der Waals surface area contributed by atoms with Gasteiger partial charge in [0.2, 0.25) is 5.91 Å². The van der Waals surface area contributed by atoms with E-state index >= 15 is 0 Å². The van der Waals surface area contributed by atoms with Crippen molar-refractivity contribution in [2.45, 2.75) is 58.5 Å². The lowest BCUT2D eigenvalue weighted by atomic mass is 10.00. The molecule has 1 unspecified atom stereocenters. The Hall–Kier alpha value is -2.86. The van der Waals surface area contributed by atoms with Gasteiger partial charge in [-0.15, -0.1) is 0 Å². The fourth-order valence-corrected chi connectivity index (χ4v) is 3.53. The molecule has 0 fully saturated rings. The van der Waals surface area contributed by atoms with E-state index in [-0.39, 0.29) is 17.5 Å². The van der Waals surface area contributed by atoms with Crippen LogP contribution >= 0.6 is 11.6 Å². The van der Waals surface area contributed by atoms with Crippen LogP contribution in [0.2, 0.25) is 5.02 Å². The molecule has 2 aromatic rings. The third kappa shape index (κ3) is 6.07. The molecule has 0 spiro atoms. The number of fused-ring (bicyclic) bond motifs is 1. The van der Waals surface area contributed by atoms with Gasteiger partial charge in [-0.25, -0.2) is 4.79 Å². The molecular formula is C24H29ClN4O2. The topological polar surface area (TPSA) is 82.6 Å². The first kappa shape index (κ1) is 22.8. The van der Waals surface area contributed by atoms with E-state index in [9.17, 15) is 9.59 Å². The predicted octanol–water partition coefficient (Wildman–Crippen LogP) is 5.61. The minimum absolute atomic E-state index is 0.107.